The molecule has 10 nitrogen and oxygen atoms in total. The lowest BCUT2D eigenvalue weighted by molar-refractivity contribution is 0.0203. The van der Waals surface area contributed by atoms with Gasteiger partial charge in [0.25, 0.3) is 5.91 Å². The third-order valence-electron chi connectivity index (χ3n) is 6.75. The number of aryl methyl sites for hydroxylation is 1. The monoisotopic (exact) mass is 550 g/mol. The number of likely N-dealkylation sites (tertiary alicyclic amines) is 1. The molecular formula is C30H38N4O6. The summed E-state index contributed by atoms with van der Waals surface area (Å²) in [4.78, 5) is 28.1. The zero-order chi connectivity index (χ0) is 29.0. The van der Waals surface area contributed by atoms with Crippen LogP contribution in [0.15, 0.2) is 42.6 Å². The summed E-state index contributed by atoms with van der Waals surface area (Å²) in [6.45, 7) is 8.63. The second-order valence-electron chi connectivity index (χ2n) is 10.8. The molecule has 1 fully saturated rings. The zero-order valence-corrected chi connectivity index (χ0v) is 24.2. The van der Waals surface area contributed by atoms with Gasteiger partial charge < -0.3 is 29.2 Å². The molecule has 4 rings (SSSR count). The maximum Gasteiger partial charge on any atom is 0.410 e. The summed E-state index contributed by atoms with van der Waals surface area (Å²) in [5, 5.41) is 7.62. The van der Waals surface area contributed by atoms with Crippen LogP contribution in [0.5, 0.6) is 17.2 Å². The van der Waals surface area contributed by atoms with Crippen LogP contribution in [-0.4, -0.2) is 66.7 Å². The number of carbonyl (C=O) groups excluding carboxylic acids is 2. The number of nitrogens with one attached hydrogen (secondary N) is 1. The van der Waals surface area contributed by atoms with Crippen molar-refractivity contribution in [2.24, 2.45) is 0 Å². The number of benzene rings is 2. The highest BCUT2D eigenvalue weighted by Crippen LogP contribution is 2.40. The Bertz CT molecular complexity index is 1340. The van der Waals surface area contributed by atoms with Crippen LogP contribution in [0.3, 0.4) is 0 Å². The van der Waals surface area contributed by atoms with Crippen LogP contribution >= 0.6 is 0 Å². The van der Waals surface area contributed by atoms with Crippen molar-refractivity contribution >= 4 is 17.7 Å². The minimum atomic E-state index is -0.560. The molecule has 0 saturated carbocycles. The Hall–Kier alpha value is -4.21. The first-order valence-corrected chi connectivity index (χ1v) is 13.3. The predicted octanol–water partition coefficient (Wildman–Crippen LogP) is 5.57. The lowest BCUT2D eigenvalue weighted by Crippen LogP contribution is -2.41. The van der Waals surface area contributed by atoms with Gasteiger partial charge in [0, 0.05) is 36.8 Å². The number of ether oxygens (including phenoxy) is 4. The van der Waals surface area contributed by atoms with E-state index in [0.29, 0.717) is 54.4 Å². The molecule has 1 saturated heterocycles. The van der Waals surface area contributed by atoms with Gasteiger partial charge in [-0.15, -0.1) is 0 Å². The van der Waals surface area contributed by atoms with Gasteiger partial charge in [-0.2, -0.15) is 5.10 Å². The Morgan fingerprint density at radius 2 is 1.62 bits per heavy atom. The van der Waals surface area contributed by atoms with Gasteiger partial charge in [0.05, 0.1) is 44.5 Å². The summed E-state index contributed by atoms with van der Waals surface area (Å²) < 4.78 is 23.7. The SMILES string of the molecule is COc1cc(NC(=O)c2cnn(-c3cccc(C)c3)c2C2CCN(C(=O)OC(C)(C)C)CC2)cc(OC)c1OC. The first-order chi connectivity index (χ1) is 19.0. The van der Waals surface area contributed by atoms with Gasteiger partial charge in [-0.1, -0.05) is 12.1 Å². The largest absolute Gasteiger partial charge is 0.493 e. The van der Waals surface area contributed by atoms with E-state index >= 15 is 0 Å². The molecule has 1 aliphatic rings. The van der Waals surface area contributed by atoms with Gasteiger partial charge in [0.2, 0.25) is 5.75 Å². The van der Waals surface area contributed by atoms with E-state index in [2.05, 4.69) is 10.4 Å². The minimum Gasteiger partial charge on any atom is -0.493 e. The molecule has 0 unspecified atom stereocenters. The molecule has 2 amide bonds. The quantitative estimate of drug-likeness (QED) is 0.410. The molecule has 1 aliphatic heterocycles. The molecule has 2 heterocycles. The number of methoxy groups -OCH3 is 3. The third kappa shape index (κ3) is 6.32. The number of amides is 2. The van der Waals surface area contributed by atoms with Crippen LogP contribution < -0.4 is 19.5 Å². The third-order valence-corrected chi connectivity index (χ3v) is 6.75. The zero-order valence-electron chi connectivity index (χ0n) is 24.2. The average Bonchev–Trinajstić information content (AvgIpc) is 3.37. The van der Waals surface area contributed by atoms with Gasteiger partial charge in [-0.25, -0.2) is 9.48 Å². The van der Waals surface area contributed by atoms with Crippen molar-refractivity contribution in [3.8, 4) is 22.9 Å². The molecule has 1 N–H and O–H groups in total. The van der Waals surface area contributed by atoms with Crippen LogP contribution in [0.25, 0.3) is 5.69 Å². The van der Waals surface area contributed by atoms with Crippen molar-refractivity contribution < 1.29 is 28.5 Å². The van der Waals surface area contributed by atoms with Crippen LogP contribution in [0.1, 0.15) is 61.1 Å². The number of hydrogen-bond acceptors (Lipinski definition) is 7. The molecular weight excluding hydrogens is 512 g/mol. The van der Waals surface area contributed by atoms with Crippen molar-refractivity contribution in [2.45, 2.75) is 52.1 Å². The minimum absolute atomic E-state index is 0.00221. The van der Waals surface area contributed by atoms with Gasteiger partial charge in [-0.05, 0) is 58.2 Å². The molecule has 0 atom stereocenters. The molecule has 1 aromatic heterocycles. The van der Waals surface area contributed by atoms with E-state index in [9.17, 15) is 9.59 Å². The van der Waals surface area contributed by atoms with Crippen LogP contribution in [0, 0.1) is 6.92 Å². The Labute approximate surface area is 235 Å². The van der Waals surface area contributed by atoms with E-state index in [1.165, 1.54) is 21.3 Å². The first kappa shape index (κ1) is 28.8. The number of hydrogen-bond donors (Lipinski definition) is 1. The van der Waals surface area contributed by atoms with Gasteiger partial charge >= 0.3 is 6.09 Å². The standard InChI is InChI=1S/C30H38N4O6/c1-19-9-8-10-22(15-19)34-26(20-11-13-33(14-12-20)29(36)40-30(2,3)4)23(18-31-34)28(35)32-21-16-24(37-5)27(39-7)25(17-21)38-6/h8-10,15-18,20H,11-14H2,1-7H3,(H,32,35). The Kier molecular flexibility index (Phi) is 8.56. The molecule has 3 aromatic rings. The van der Waals surface area contributed by atoms with Gasteiger partial charge in [0.15, 0.2) is 11.5 Å². The Morgan fingerprint density at radius 1 is 0.975 bits per heavy atom. The number of carbonyl (C=O) groups is 2. The van der Waals surface area contributed by atoms with E-state index in [0.717, 1.165) is 16.9 Å². The maximum absolute atomic E-state index is 13.7. The molecule has 2 aromatic carbocycles. The summed E-state index contributed by atoms with van der Waals surface area (Å²) in [5.41, 5.74) is 3.16. The second kappa shape index (κ2) is 11.9. The molecule has 0 radical (unpaired) electrons. The number of nitrogens with zero attached hydrogens (tertiary/aromatic N) is 3. The normalized spacial score (nSPS) is 14.0. The molecule has 10 heteroatoms. The molecule has 214 valence electrons. The summed E-state index contributed by atoms with van der Waals surface area (Å²) in [7, 11) is 4.58. The molecule has 0 bridgehead atoms. The molecule has 40 heavy (non-hydrogen) atoms. The van der Waals surface area contributed by atoms with Crippen molar-refractivity contribution in [1.82, 2.24) is 14.7 Å². The predicted molar refractivity (Wildman–Crippen MR) is 152 cm³/mol. The summed E-state index contributed by atoms with van der Waals surface area (Å²) in [6.07, 6.45) is 2.62. The number of rotatable bonds is 7. The lowest BCUT2D eigenvalue weighted by atomic mass is 9.90. The fourth-order valence-corrected chi connectivity index (χ4v) is 4.90. The maximum atomic E-state index is 13.7. The number of anilines is 1. The van der Waals surface area contributed by atoms with E-state index < -0.39 is 5.60 Å². The lowest BCUT2D eigenvalue weighted by Gasteiger charge is -2.34. The van der Waals surface area contributed by atoms with Crippen LogP contribution in [-0.2, 0) is 4.74 Å². The Balaban J connectivity index is 1.65. The number of aromatic nitrogens is 2. The topological polar surface area (TPSA) is 104 Å². The summed E-state index contributed by atoms with van der Waals surface area (Å²) in [6, 6.07) is 11.4. The average molecular weight is 551 g/mol. The number of piperidine rings is 1. The van der Waals surface area contributed by atoms with Crippen molar-refractivity contribution in [3.05, 3.63) is 59.4 Å². The van der Waals surface area contributed by atoms with Gasteiger partial charge in [0.1, 0.15) is 5.60 Å². The van der Waals surface area contributed by atoms with Crippen LogP contribution in [0.4, 0.5) is 10.5 Å². The van der Waals surface area contributed by atoms with Gasteiger partial charge in [-0.3, -0.25) is 4.79 Å². The fraction of sp³-hybridized carbons (Fsp3) is 0.433. The van der Waals surface area contributed by atoms with Crippen molar-refractivity contribution in [3.63, 3.8) is 0 Å². The van der Waals surface area contributed by atoms with Crippen molar-refractivity contribution in [2.75, 3.05) is 39.7 Å². The highest BCUT2D eigenvalue weighted by Gasteiger charge is 2.32. The molecule has 0 spiro atoms. The second-order valence-corrected chi connectivity index (χ2v) is 10.8. The first-order valence-electron chi connectivity index (χ1n) is 13.3. The summed E-state index contributed by atoms with van der Waals surface area (Å²) in [5.74, 6) is 0.998. The smallest absolute Gasteiger partial charge is 0.410 e. The van der Waals surface area contributed by atoms with E-state index in [1.807, 2.05) is 56.6 Å². The van der Waals surface area contributed by atoms with E-state index in [-0.39, 0.29) is 17.9 Å². The summed E-state index contributed by atoms with van der Waals surface area (Å²) >= 11 is 0. The van der Waals surface area contributed by atoms with Crippen LogP contribution in [0.2, 0.25) is 0 Å². The highest BCUT2D eigenvalue weighted by molar-refractivity contribution is 6.05. The van der Waals surface area contributed by atoms with Crippen molar-refractivity contribution in [1.29, 1.82) is 0 Å². The Morgan fingerprint density at radius 3 is 2.17 bits per heavy atom. The van der Waals surface area contributed by atoms with E-state index in [4.69, 9.17) is 18.9 Å². The molecule has 0 aliphatic carbocycles. The van der Waals surface area contributed by atoms with E-state index in [1.54, 1.807) is 23.2 Å². The highest BCUT2D eigenvalue weighted by atomic mass is 16.6. The fourth-order valence-electron chi connectivity index (χ4n) is 4.90.